The zero-order chi connectivity index (χ0) is 23.8. The number of amides is 3. The Bertz CT molecular complexity index is 1230. The van der Waals surface area contributed by atoms with Crippen LogP contribution >= 0.6 is 0 Å². The number of aryl methyl sites for hydroxylation is 1. The highest BCUT2D eigenvalue weighted by molar-refractivity contribution is 6.11. The van der Waals surface area contributed by atoms with Crippen molar-refractivity contribution >= 4 is 29.1 Å². The molecule has 3 aromatic heterocycles. The molecule has 0 aliphatic carbocycles. The van der Waals surface area contributed by atoms with Gasteiger partial charge in [0.1, 0.15) is 5.69 Å². The van der Waals surface area contributed by atoms with Crippen LogP contribution in [0.3, 0.4) is 0 Å². The first-order valence-electron chi connectivity index (χ1n) is 9.96. The number of nitrogens with one attached hydrogen (secondary N) is 2. The van der Waals surface area contributed by atoms with Gasteiger partial charge in [-0.1, -0.05) is 0 Å². The maximum atomic E-state index is 12.9. The molecule has 0 spiro atoms. The number of fused-ring (bicyclic) bond motifs is 1. The minimum absolute atomic E-state index is 0.0953. The quantitative estimate of drug-likeness (QED) is 0.565. The summed E-state index contributed by atoms with van der Waals surface area (Å²) in [6.45, 7) is 0.664. The zero-order valence-corrected chi connectivity index (χ0v) is 17.4. The first kappa shape index (κ1) is 22.2. The summed E-state index contributed by atoms with van der Waals surface area (Å²) in [5.41, 5.74) is 0.789. The molecular formula is C19H19F3N8O3. The van der Waals surface area contributed by atoms with Gasteiger partial charge in [-0.25, -0.2) is 9.50 Å². The van der Waals surface area contributed by atoms with Gasteiger partial charge in [-0.15, -0.1) is 5.10 Å². The van der Waals surface area contributed by atoms with Crippen molar-refractivity contribution in [1.29, 1.82) is 0 Å². The first-order valence-corrected chi connectivity index (χ1v) is 9.96. The summed E-state index contributed by atoms with van der Waals surface area (Å²) < 4.78 is 39.3. The number of carbonyl (C=O) groups is 3. The van der Waals surface area contributed by atoms with E-state index in [9.17, 15) is 27.6 Å². The van der Waals surface area contributed by atoms with E-state index in [1.165, 1.54) is 33.7 Å². The summed E-state index contributed by atoms with van der Waals surface area (Å²) >= 11 is 0. The van der Waals surface area contributed by atoms with Crippen molar-refractivity contribution in [2.45, 2.75) is 19.0 Å². The van der Waals surface area contributed by atoms with Gasteiger partial charge in [-0.2, -0.15) is 18.3 Å². The maximum Gasteiger partial charge on any atom is 0.390 e. The molecule has 33 heavy (non-hydrogen) atoms. The van der Waals surface area contributed by atoms with Gasteiger partial charge in [0.2, 0.25) is 5.82 Å². The number of rotatable bonds is 6. The minimum atomic E-state index is -4.39. The summed E-state index contributed by atoms with van der Waals surface area (Å²) in [7, 11) is 1.55. The van der Waals surface area contributed by atoms with Gasteiger partial charge >= 0.3 is 6.18 Å². The monoisotopic (exact) mass is 464 g/mol. The first-order chi connectivity index (χ1) is 15.6. The standard InChI is InChI=1S/C19H19F3N8O3/c1-28-14(12(10-24-28)18(33)29-6-2-7-29)16(31)25-11-3-8-30-13(9-11)26-15(27-30)17(32)23-5-4-19(20,21)22/h3,8-10H,2,4-7H2,1H3,(H,23,32)(H,25,31). The van der Waals surface area contributed by atoms with Crippen LogP contribution in [0.2, 0.25) is 0 Å². The number of aromatic nitrogens is 5. The fourth-order valence-electron chi connectivity index (χ4n) is 3.20. The Morgan fingerprint density at radius 2 is 1.94 bits per heavy atom. The van der Waals surface area contributed by atoms with E-state index in [-0.39, 0.29) is 28.6 Å². The van der Waals surface area contributed by atoms with Crippen molar-refractivity contribution in [3.05, 3.63) is 41.6 Å². The molecular weight excluding hydrogens is 445 g/mol. The molecule has 11 nitrogen and oxygen atoms in total. The number of hydrogen-bond donors (Lipinski definition) is 2. The Hall–Kier alpha value is -3.97. The molecule has 0 aromatic carbocycles. The molecule has 0 unspecified atom stereocenters. The van der Waals surface area contributed by atoms with Crippen molar-refractivity contribution in [3.63, 3.8) is 0 Å². The van der Waals surface area contributed by atoms with Crippen LogP contribution < -0.4 is 10.6 Å². The van der Waals surface area contributed by atoms with Crippen molar-refractivity contribution < 1.29 is 27.6 Å². The van der Waals surface area contributed by atoms with Crippen LogP contribution in [0.5, 0.6) is 0 Å². The van der Waals surface area contributed by atoms with Crippen molar-refractivity contribution in [2.75, 3.05) is 25.0 Å². The van der Waals surface area contributed by atoms with Gasteiger partial charge in [-0.05, 0) is 12.5 Å². The highest BCUT2D eigenvalue weighted by atomic mass is 19.4. The molecule has 1 fully saturated rings. The SMILES string of the molecule is Cn1ncc(C(=O)N2CCC2)c1C(=O)Nc1ccn2nc(C(=O)NCCC(F)(F)F)nc2c1. The minimum Gasteiger partial charge on any atom is -0.349 e. The lowest BCUT2D eigenvalue weighted by Gasteiger charge is -2.30. The maximum absolute atomic E-state index is 12.9. The van der Waals surface area contributed by atoms with Crippen LogP contribution in [0.25, 0.3) is 5.65 Å². The summed E-state index contributed by atoms with van der Waals surface area (Å²) in [5, 5.41) is 12.7. The smallest absolute Gasteiger partial charge is 0.349 e. The molecule has 0 radical (unpaired) electrons. The highest BCUT2D eigenvalue weighted by Crippen LogP contribution is 2.19. The largest absolute Gasteiger partial charge is 0.390 e. The molecule has 4 heterocycles. The predicted octanol–water partition coefficient (Wildman–Crippen LogP) is 1.24. The topological polar surface area (TPSA) is 127 Å². The third kappa shape index (κ3) is 4.78. The summed E-state index contributed by atoms with van der Waals surface area (Å²) in [4.78, 5) is 43.0. The van der Waals surface area contributed by atoms with Gasteiger partial charge in [0.05, 0.1) is 18.2 Å². The van der Waals surface area contributed by atoms with Crippen molar-refractivity contribution in [1.82, 2.24) is 34.6 Å². The molecule has 3 amide bonds. The fourth-order valence-corrected chi connectivity index (χ4v) is 3.20. The fraction of sp³-hybridized carbons (Fsp3) is 0.368. The Morgan fingerprint density at radius 3 is 2.61 bits per heavy atom. The second-order valence-corrected chi connectivity index (χ2v) is 7.41. The van der Waals surface area contributed by atoms with Gasteiger partial charge in [-0.3, -0.25) is 19.1 Å². The number of likely N-dealkylation sites (tertiary alicyclic amines) is 1. The van der Waals surface area contributed by atoms with E-state index < -0.39 is 31.0 Å². The van der Waals surface area contributed by atoms with Crippen LogP contribution in [-0.2, 0) is 7.05 Å². The van der Waals surface area contributed by atoms with E-state index in [0.29, 0.717) is 18.8 Å². The Labute approximate surface area is 184 Å². The van der Waals surface area contributed by atoms with Crippen LogP contribution in [-0.4, -0.2) is 72.8 Å². The van der Waals surface area contributed by atoms with Crippen LogP contribution in [0.15, 0.2) is 24.5 Å². The van der Waals surface area contributed by atoms with Crippen LogP contribution in [0.4, 0.5) is 18.9 Å². The number of carbonyl (C=O) groups excluding carboxylic acids is 3. The van der Waals surface area contributed by atoms with Crippen molar-refractivity contribution in [3.8, 4) is 0 Å². The number of halogens is 3. The lowest BCUT2D eigenvalue weighted by Crippen LogP contribution is -2.42. The number of hydrogen-bond acceptors (Lipinski definition) is 6. The summed E-state index contributed by atoms with van der Waals surface area (Å²) in [6, 6.07) is 2.93. The lowest BCUT2D eigenvalue weighted by atomic mass is 10.1. The zero-order valence-electron chi connectivity index (χ0n) is 17.4. The molecule has 0 atom stereocenters. The molecule has 4 rings (SSSR count). The van der Waals surface area contributed by atoms with Crippen molar-refractivity contribution in [2.24, 2.45) is 7.05 Å². The second-order valence-electron chi connectivity index (χ2n) is 7.41. The van der Waals surface area contributed by atoms with Gasteiger partial charge < -0.3 is 15.5 Å². The van der Waals surface area contributed by atoms with Crippen LogP contribution in [0.1, 0.15) is 44.3 Å². The average molecular weight is 464 g/mol. The molecule has 3 aromatic rings. The summed E-state index contributed by atoms with van der Waals surface area (Å²) in [6.07, 6.45) is -1.87. The average Bonchev–Trinajstić information content (AvgIpc) is 3.28. The van der Waals surface area contributed by atoms with Crippen LogP contribution in [0, 0.1) is 0 Å². The van der Waals surface area contributed by atoms with E-state index in [1.807, 2.05) is 0 Å². The molecule has 0 saturated carbocycles. The van der Waals surface area contributed by atoms with E-state index in [4.69, 9.17) is 0 Å². The number of pyridine rings is 1. The molecule has 1 aliphatic heterocycles. The molecule has 174 valence electrons. The lowest BCUT2D eigenvalue weighted by molar-refractivity contribution is -0.133. The van der Waals surface area contributed by atoms with E-state index in [1.54, 1.807) is 11.9 Å². The third-order valence-corrected chi connectivity index (χ3v) is 5.02. The molecule has 1 saturated heterocycles. The van der Waals surface area contributed by atoms with E-state index >= 15 is 0 Å². The van der Waals surface area contributed by atoms with Gasteiger partial charge in [0.15, 0.2) is 5.65 Å². The number of alkyl halides is 3. The van der Waals surface area contributed by atoms with Gasteiger partial charge in [0, 0.05) is 44.6 Å². The molecule has 0 bridgehead atoms. The number of anilines is 1. The second kappa shape index (κ2) is 8.52. The van der Waals surface area contributed by atoms with E-state index in [2.05, 4.69) is 25.8 Å². The Balaban J connectivity index is 1.47. The summed E-state index contributed by atoms with van der Waals surface area (Å²) in [5.74, 6) is -1.99. The Morgan fingerprint density at radius 1 is 1.18 bits per heavy atom. The number of nitrogens with zero attached hydrogens (tertiary/aromatic N) is 6. The van der Waals surface area contributed by atoms with Gasteiger partial charge in [0.25, 0.3) is 17.7 Å². The molecule has 1 aliphatic rings. The normalized spacial score (nSPS) is 13.6. The Kier molecular flexibility index (Phi) is 5.74. The molecule has 14 heteroatoms. The third-order valence-electron chi connectivity index (χ3n) is 5.02. The molecule has 2 N–H and O–H groups in total. The van der Waals surface area contributed by atoms with E-state index in [0.717, 1.165) is 6.42 Å². The predicted molar refractivity (Wildman–Crippen MR) is 108 cm³/mol. The highest BCUT2D eigenvalue weighted by Gasteiger charge is 2.29.